The first-order valence-corrected chi connectivity index (χ1v) is 4.57. The molecule has 0 aliphatic heterocycles. The van der Waals surface area contributed by atoms with Gasteiger partial charge in [0, 0.05) is 5.56 Å². The molecule has 0 N–H and O–H groups in total. The van der Waals surface area contributed by atoms with Gasteiger partial charge in [-0.25, -0.2) is 0 Å². The van der Waals surface area contributed by atoms with E-state index in [2.05, 4.69) is 4.74 Å². The number of nitro benzene ring substituents is 1. The van der Waals surface area contributed by atoms with E-state index in [0.29, 0.717) is 0 Å². The van der Waals surface area contributed by atoms with Gasteiger partial charge in [0.25, 0.3) is 5.69 Å². The van der Waals surface area contributed by atoms with Gasteiger partial charge in [0.1, 0.15) is 5.75 Å². The van der Waals surface area contributed by atoms with Crippen molar-refractivity contribution in [2.75, 3.05) is 0 Å². The van der Waals surface area contributed by atoms with Gasteiger partial charge >= 0.3 is 6.61 Å². The molecule has 1 aromatic carbocycles. The van der Waals surface area contributed by atoms with Gasteiger partial charge in [0.15, 0.2) is 5.78 Å². The molecule has 7 heteroatoms. The Morgan fingerprint density at radius 3 is 2.47 bits per heavy atom. The maximum Gasteiger partial charge on any atom is 0.387 e. The van der Waals surface area contributed by atoms with Gasteiger partial charge in [-0.05, 0) is 26.0 Å². The average molecular weight is 245 g/mol. The number of ether oxygens (including phenoxy) is 1. The summed E-state index contributed by atoms with van der Waals surface area (Å²) in [6, 6.07) is 2.04. The summed E-state index contributed by atoms with van der Waals surface area (Å²) in [5.74, 6) is -0.854. The molecule has 0 fully saturated rings. The number of alkyl halides is 2. The number of nitro groups is 1. The average Bonchev–Trinajstić information content (AvgIpc) is 2.14. The van der Waals surface area contributed by atoms with E-state index in [1.807, 2.05) is 0 Å². The minimum absolute atomic E-state index is 0.0957. The summed E-state index contributed by atoms with van der Waals surface area (Å²) >= 11 is 0. The quantitative estimate of drug-likeness (QED) is 0.464. The van der Waals surface area contributed by atoms with Crippen molar-refractivity contribution >= 4 is 11.5 Å². The van der Waals surface area contributed by atoms with Gasteiger partial charge in [-0.1, -0.05) is 0 Å². The zero-order valence-corrected chi connectivity index (χ0v) is 9.07. The largest absolute Gasteiger partial charge is 0.435 e. The van der Waals surface area contributed by atoms with E-state index < -0.39 is 17.3 Å². The lowest BCUT2D eigenvalue weighted by Gasteiger charge is -2.08. The molecular weight excluding hydrogens is 236 g/mol. The third-order valence-corrected chi connectivity index (χ3v) is 2.06. The molecular formula is C10H9F2NO4. The zero-order chi connectivity index (χ0) is 13.2. The number of benzene rings is 1. The van der Waals surface area contributed by atoms with Crippen molar-refractivity contribution in [2.45, 2.75) is 20.5 Å². The number of rotatable bonds is 4. The molecule has 0 saturated carbocycles. The monoisotopic (exact) mass is 245 g/mol. The number of carbonyl (C=O) groups is 1. The molecule has 17 heavy (non-hydrogen) atoms. The van der Waals surface area contributed by atoms with Gasteiger partial charge in [-0.3, -0.25) is 14.9 Å². The van der Waals surface area contributed by atoms with E-state index in [4.69, 9.17) is 0 Å². The molecule has 0 amide bonds. The molecule has 0 aliphatic carbocycles. The van der Waals surface area contributed by atoms with Crippen LogP contribution in [0.1, 0.15) is 22.8 Å². The number of ketones is 1. The summed E-state index contributed by atoms with van der Waals surface area (Å²) in [6.07, 6.45) is 0. The number of Topliss-reactive ketones (excluding diaryl/α,β-unsaturated/α-hetero) is 1. The van der Waals surface area contributed by atoms with Crippen molar-refractivity contribution in [3.8, 4) is 5.75 Å². The number of halogens is 2. The highest BCUT2D eigenvalue weighted by Gasteiger charge is 2.22. The lowest BCUT2D eigenvalue weighted by molar-refractivity contribution is -0.385. The van der Waals surface area contributed by atoms with Crippen molar-refractivity contribution in [1.82, 2.24) is 0 Å². The standard InChI is InChI=1S/C10H9F2NO4/c1-5-3-7(17-10(11)12)4-8(6(2)14)9(5)13(15)16/h3-4,10H,1-2H3. The molecule has 0 aromatic heterocycles. The van der Waals surface area contributed by atoms with Crippen LogP contribution in [0, 0.1) is 17.0 Å². The first kappa shape index (κ1) is 13.0. The van der Waals surface area contributed by atoms with E-state index in [-0.39, 0.29) is 22.6 Å². The van der Waals surface area contributed by atoms with Crippen molar-refractivity contribution in [2.24, 2.45) is 0 Å². The Hall–Kier alpha value is -2.05. The van der Waals surface area contributed by atoms with Gasteiger partial charge < -0.3 is 4.74 Å². The second-order valence-corrected chi connectivity index (χ2v) is 3.33. The molecule has 0 aliphatic rings. The highest BCUT2D eigenvalue weighted by atomic mass is 19.3. The Labute approximate surface area is 95.2 Å². The molecule has 0 heterocycles. The maximum atomic E-state index is 12.0. The fourth-order valence-electron chi connectivity index (χ4n) is 1.43. The number of hydrogen-bond donors (Lipinski definition) is 0. The second-order valence-electron chi connectivity index (χ2n) is 3.33. The zero-order valence-electron chi connectivity index (χ0n) is 9.07. The smallest absolute Gasteiger partial charge is 0.387 e. The maximum absolute atomic E-state index is 12.0. The van der Waals surface area contributed by atoms with Crippen molar-refractivity contribution in [3.63, 3.8) is 0 Å². The summed E-state index contributed by atoms with van der Waals surface area (Å²) in [4.78, 5) is 21.2. The van der Waals surface area contributed by atoms with Crippen LogP contribution < -0.4 is 4.74 Å². The minimum Gasteiger partial charge on any atom is -0.435 e. The summed E-state index contributed by atoms with van der Waals surface area (Å²) in [6.45, 7) is -0.577. The van der Waals surface area contributed by atoms with Crippen LogP contribution in [0.4, 0.5) is 14.5 Å². The Morgan fingerprint density at radius 2 is 2.06 bits per heavy atom. The predicted molar refractivity (Wildman–Crippen MR) is 54.5 cm³/mol. The number of aryl methyl sites for hydroxylation is 1. The lowest BCUT2D eigenvalue weighted by Crippen LogP contribution is -2.06. The molecule has 1 aromatic rings. The summed E-state index contributed by atoms with van der Waals surface area (Å²) in [5, 5.41) is 10.7. The molecule has 1 rings (SSSR count). The van der Waals surface area contributed by atoms with Crippen LogP contribution in [0.3, 0.4) is 0 Å². The third-order valence-electron chi connectivity index (χ3n) is 2.06. The SMILES string of the molecule is CC(=O)c1cc(OC(F)F)cc(C)c1[N+](=O)[O-]. The molecule has 0 atom stereocenters. The van der Waals surface area contributed by atoms with Crippen LogP contribution in [-0.2, 0) is 0 Å². The number of nitrogens with zero attached hydrogens (tertiary/aromatic N) is 1. The highest BCUT2D eigenvalue weighted by Crippen LogP contribution is 2.29. The van der Waals surface area contributed by atoms with Crippen LogP contribution in [0.2, 0.25) is 0 Å². The van der Waals surface area contributed by atoms with E-state index >= 15 is 0 Å². The Balaban J connectivity index is 3.36. The van der Waals surface area contributed by atoms with Crippen LogP contribution >= 0.6 is 0 Å². The van der Waals surface area contributed by atoms with Crippen molar-refractivity contribution in [1.29, 1.82) is 0 Å². The fourth-order valence-corrected chi connectivity index (χ4v) is 1.43. The van der Waals surface area contributed by atoms with E-state index in [0.717, 1.165) is 19.1 Å². The molecule has 0 spiro atoms. The first-order chi connectivity index (χ1) is 7.82. The van der Waals surface area contributed by atoms with Gasteiger partial charge in [-0.15, -0.1) is 0 Å². The molecule has 92 valence electrons. The molecule has 5 nitrogen and oxygen atoms in total. The third kappa shape index (κ3) is 2.96. The topological polar surface area (TPSA) is 69.4 Å². The minimum atomic E-state index is -3.05. The van der Waals surface area contributed by atoms with Gasteiger partial charge in [0.05, 0.1) is 10.5 Å². The normalized spacial score (nSPS) is 10.4. The predicted octanol–water partition coefficient (Wildman–Crippen LogP) is 2.71. The molecule has 0 radical (unpaired) electrons. The van der Waals surface area contributed by atoms with Crippen molar-refractivity contribution in [3.05, 3.63) is 33.4 Å². The number of carbonyl (C=O) groups excluding carboxylic acids is 1. The van der Waals surface area contributed by atoms with E-state index in [9.17, 15) is 23.7 Å². The lowest BCUT2D eigenvalue weighted by atomic mass is 10.0. The van der Waals surface area contributed by atoms with E-state index in [1.54, 1.807) is 0 Å². The Bertz CT molecular complexity index is 474. The summed E-state index contributed by atoms with van der Waals surface area (Å²) in [7, 11) is 0. The fraction of sp³-hybridized carbons (Fsp3) is 0.300. The van der Waals surface area contributed by atoms with Crippen molar-refractivity contribution < 1.29 is 23.2 Å². The Morgan fingerprint density at radius 1 is 1.47 bits per heavy atom. The van der Waals surface area contributed by atoms with Crippen LogP contribution in [0.5, 0.6) is 5.75 Å². The van der Waals surface area contributed by atoms with E-state index in [1.165, 1.54) is 6.92 Å². The second kappa shape index (κ2) is 4.86. The molecule has 0 saturated heterocycles. The summed E-state index contributed by atoms with van der Waals surface area (Å²) in [5.41, 5.74) is -0.539. The van der Waals surface area contributed by atoms with Crippen LogP contribution in [-0.4, -0.2) is 17.3 Å². The van der Waals surface area contributed by atoms with Crippen LogP contribution in [0.15, 0.2) is 12.1 Å². The van der Waals surface area contributed by atoms with Gasteiger partial charge in [0.2, 0.25) is 0 Å². The van der Waals surface area contributed by atoms with Crippen LogP contribution in [0.25, 0.3) is 0 Å². The van der Waals surface area contributed by atoms with Gasteiger partial charge in [-0.2, -0.15) is 8.78 Å². The Kier molecular flexibility index (Phi) is 3.72. The number of hydrogen-bond acceptors (Lipinski definition) is 4. The highest BCUT2D eigenvalue weighted by molar-refractivity contribution is 5.99. The molecule has 0 unspecified atom stereocenters. The summed E-state index contributed by atoms with van der Waals surface area (Å²) < 4.78 is 28.1. The molecule has 0 bridgehead atoms. The first-order valence-electron chi connectivity index (χ1n) is 4.57.